The molecule has 2 aromatic rings. The molecule has 1 aromatic carbocycles. The molecule has 10 heteroatoms. The van der Waals surface area contributed by atoms with E-state index in [4.69, 9.17) is 4.74 Å². The molecule has 0 atom stereocenters. The molecular formula is C16H14N4O6. The first kappa shape index (κ1) is 18.5. The van der Waals surface area contributed by atoms with Crippen LogP contribution in [0.25, 0.3) is 0 Å². The van der Waals surface area contributed by atoms with Crippen molar-refractivity contribution in [2.75, 3.05) is 12.4 Å². The number of nitrogens with zero attached hydrogens (tertiary/aromatic N) is 2. The van der Waals surface area contributed by atoms with Crippen LogP contribution in [0.3, 0.4) is 0 Å². The molecule has 2 N–H and O–H groups in total. The summed E-state index contributed by atoms with van der Waals surface area (Å²) >= 11 is 0. The summed E-state index contributed by atoms with van der Waals surface area (Å²) in [5, 5.41) is 15.4. The highest BCUT2D eigenvalue weighted by atomic mass is 16.6. The first-order chi connectivity index (χ1) is 12.3. The van der Waals surface area contributed by atoms with Gasteiger partial charge >= 0.3 is 5.82 Å². The standard InChI is InChI=1S/C16H14N4O6/c1-9(21)18-11-3-4-12(13(8-11)26-2)16(23)19-15(22)10-5-6-17-14(7-10)20(24)25/h3-8H,1-2H3,(H,18,21)(H,19,22,23). The Morgan fingerprint density at radius 1 is 1.15 bits per heavy atom. The SMILES string of the molecule is COc1cc(NC(C)=O)ccc1C(=O)NC(=O)c1ccnc([N+](=O)[O-])c1. The number of methoxy groups -OCH3 is 1. The number of carbonyl (C=O) groups is 3. The lowest BCUT2D eigenvalue weighted by molar-refractivity contribution is -0.389. The Labute approximate surface area is 147 Å². The minimum absolute atomic E-state index is 0.0542. The van der Waals surface area contributed by atoms with Crippen molar-refractivity contribution in [3.63, 3.8) is 0 Å². The third-order valence-corrected chi connectivity index (χ3v) is 3.19. The monoisotopic (exact) mass is 358 g/mol. The van der Waals surface area contributed by atoms with Gasteiger partial charge in [-0.2, -0.15) is 0 Å². The summed E-state index contributed by atoms with van der Waals surface area (Å²) in [6.45, 7) is 1.33. The largest absolute Gasteiger partial charge is 0.496 e. The van der Waals surface area contributed by atoms with Crippen molar-refractivity contribution in [3.8, 4) is 5.75 Å². The van der Waals surface area contributed by atoms with Gasteiger partial charge < -0.3 is 20.2 Å². The molecule has 0 aliphatic heterocycles. The van der Waals surface area contributed by atoms with Crippen LogP contribution < -0.4 is 15.4 Å². The third kappa shape index (κ3) is 4.38. The molecule has 0 radical (unpaired) electrons. The van der Waals surface area contributed by atoms with Gasteiger partial charge in [-0.05, 0) is 28.1 Å². The highest BCUT2D eigenvalue weighted by Gasteiger charge is 2.19. The maximum Gasteiger partial charge on any atom is 0.364 e. The molecule has 3 amide bonds. The summed E-state index contributed by atoms with van der Waals surface area (Å²) in [4.78, 5) is 49.0. The van der Waals surface area contributed by atoms with Crippen molar-refractivity contribution in [2.24, 2.45) is 0 Å². The van der Waals surface area contributed by atoms with Crippen molar-refractivity contribution in [2.45, 2.75) is 6.92 Å². The highest BCUT2D eigenvalue weighted by Crippen LogP contribution is 2.23. The number of amides is 3. The van der Waals surface area contributed by atoms with E-state index in [1.807, 2.05) is 0 Å². The zero-order valence-electron chi connectivity index (χ0n) is 13.8. The lowest BCUT2D eigenvalue weighted by atomic mass is 10.1. The van der Waals surface area contributed by atoms with Crippen LogP contribution >= 0.6 is 0 Å². The number of pyridine rings is 1. The average molecular weight is 358 g/mol. The summed E-state index contributed by atoms with van der Waals surface area (Å²) < 4.78 is 5.10. The predicted octanol–water partition coefficient (Wildman–Crippen LogP) is 1.53. The molecule has 0 aliphatic rings. The number of anilines is 1. The zero-order valence-corrected chi connectivity index (χ0v) is 13.8. The second-order valence-electron chi connectivity index (χ2n) is 5.04. The summed E-state index contributed by atoms with van der Waals surface area (Å²) in [6, 6.07) is 6.48. The molecule has 134 valence electrons. The number of rotatable bonds is 5. The van der Waals surface area contributed by atoms with Crippen LogP contribution in [0.1, 0.15) is 27.6 Å². The molecule has 1 heterocycles. The Morgan fingerprint density at radius 3 is 2.50 bits per heavy atom. The molecule has 0 saturated carbocycles. The van der Waals surface area contributed by atoms with E-state index in [9.17, 15) is 24.5 Å². The van der Waals surface area contributed by atoms with Crippen molar-refractivity contribution in [1.29, 1.82) is 0 Å². The van der Waals surface area contributed by atoms with E-state index in [1.165, 1.54) is 38.3 Å². The molecule has 1 aromatic heterocycles. The predicted molar refractivity (Wildman–Crippen MR) is 90.0 cm³/mol. The third-order valence-electron chi connectivity index (χ3n) is 3.19. The van der Waals surface area contributed by atoms with Gasteiger partial charge in [-0.15, -0.1) is 0 Å². The second kappa shape index (κ2) is 7.83. The highest BCUT2D eigenvalue weighted by molar-refractivity contribution is 6.11. The van der Waals surface area contributed by atoms with Crippen LogP contribution in [0.15, 0.2) is 36.5 Å². The lowest BCUT2D eigenvalue weighted by Crippen LogP contribution is -2.30. The Balaban J connectivity index is 2.21. The van der Waals surface area contributed by atoms with Crippen LogP contribution in [0.2, 0.25) is 0 Å². The van der Waals surface area contributed by atoms with Gasteiger partial charge in [0.2, 0.25) is 5.91 Å². The van der Waals surface area contributed by atoms with Crippen LogP contribution in [0.5, 0.6) is 5.75 Å². The van der Waals surface area contributed by atoms with Gasteiger partial charge in [-0.1, -0.05) is 0 Å². The molecule has 0 saturated heterocycles. The summed E-state index contributed by atoms with van der Waals surface area (Å²) in [6.07, 6.45) is 1.10. The topological polar surface area (TPSA) is 141 Å². The summed E-state index contributed by atoms with van der Waals surface area (Å²) in [5.41, 5.74) is 0.384. The van der Waals surface area contributed by atoms with E-state index in [2.05, 4.69) is 15.6 Å². The number of nitro groups is 1. The number of imide groups is 1. The van der Waals surface area contributed by atoms with E-state index in [0.717, 1.165) is 12.3 Å². The number of nitrogens with one attached hydrogen (secondary N) is 2. The van der Waals surface area contributed by atoms with Gasteiger partial charge in [0.25, 0.3) is 11.8 Å². The molecule has 10 nitrogen and oxygen atoms in total. The minimum atomic E-state index is -0.825. The summed E-state index contributed by atoms with van der Waals surface area (Å²) in [7, 11) is 1.33. The van der Waals surface area contributed by atoms with Gasteiger partial charge in [0.05, 0.1) is 18.2 Å². The van der Waals surface area contributed by atoms with E-state index < -0.39 is 22.6 Å². The Kier molecular flexibility index (Phi) is 5.58. The Bertz CT molecular complexity index is 896. The molecule has 0 bridgehead atoms. The molecule has 0 fully saturated rings. The number of aromatic nitrogens is 1. The minimum Gasteiger partial charge on any atom is -0.496 e. The summed E-state index contributed by atoms with van der Waals surface area (Å²) in [5.74, 6) is -2.25. The van der Waals surface area contributed by atoms with Crippen molar-refractivity contribution < 1.29 is 24.0 Å². The fourth-order valence-electron chi connectivity index (χ4n) is 2.06. The average Bonchev–Trinajstić information content (AvgIpc) is 2.60. The fraction of sp³-hybridized carbons (Fsp3) is 0.125. The molecule has 26 heavy (non-hydrogen) atoms. The smallest absolute Gasteiger partial charge is 0.364 e. The number of hydrogen-bond acceptors (Lipinski definition) is 7. The number of ether oxygens (including phenoxy) is 1. The van der Waals surface area contributed by atoms with Crippen LogP contribution in [-0.2, 0) is 4.79 Å². The number of carbonyl (C=O) groups excluding carboxylic acids is 3. The van der Waals surface area contributed by atoms with Crippen LogP contribution in [-0.4, -0.2) is 34.7 Å². The number of benzene rings is 1. The fourth-order valence-corrected chi connectivity index (χ4v) is 2.06. The van der Waals surface area contributed by atoms with E-state index in [1.54, 1.807) is 0 Å². The maximum absolute atomic E-state index is 12.3. The molecule has 0 spiro atoms. The van der Waals surface area contributed by atoms with E-state index in [-0.39, 0.29) is 22.8 Å². The van der Waals surface area contributed by atoms with E-state index in [0.29, 0.717) is 5.69 Å². The Morgan fingerprint density at radius 2 is 1.88 bits per heavy atom. The lowest BCUT2D eigenvalue weighted by Gasteiger charge is -2.11. The van der Waals surface area contributed by atoms with Gasteiger partial charge in [0.15, 0.2) is 0 Å². The van der Waals surface area contributed by atoms with Gasteiger partial charge in [-0.3, -0.25) is 19.7 Å². The Hall–Kier alpha value is -3.82. The van der Waals surface area contributed by atoms with Gasteiger partial charge in [-0.25, -0.2) is 0 Å². The second-order valence-corrected chi connectivity index (χ2v) is 5.04. The van der Waals surface area contributed by atoms with Crippen molar-refractivity contribution in [3.05, 3.63) is 57.8 Å². The van der Waals surface area contributed by atoms with Crippen LogP contribution in [0.4, 0.5) is 11.5 Å². The van der Waals surface area contributed by atoms with Gasteiger partial charge in [0.1, 0.15) is 11.9 Å². The first-order valence-corrected chi connectivity index (χ1v) is 7.23. The van der Waals surface area contributed by atoms with Crippen molar-refractivity contribution >= 4 is 29.2 Å². The molecule has 2 rings (SSSR count). The molecule has 0 unspecified atom stereocenters. The molecule has 0 aliphatic carbocycles. The zero-order chi connectivity index (χ0) is 19.3. The normalized spacial score (nSPS) is 9.92. The van der Waals surface area contributed by atoms with Crippen LogP contribution in [0, 0.1) is 10.1 Å². The molecular weight excluding hydrogens is 344 g/mol. The van der Waals surface area contributed by atoms with Gasteiger partial charge in [0, 0.05) is 24.7 Å². The maximum atomic E-state index is 12.3. The quantitative estimate of drug-likeness (QED) is 0.469. The number of hydrogen-bond donors (Lipinski definition) is 2. The van der Waals surface area contributed by atoms with Crippen molar-refractivity contribution in [1.82, 2.24) is 10.3 Å². The first-order valence-electron chi connectivity index (χ1n) is 7.23. The van der Waals surface area contributed by atoms with E-state index >= 15 is 0 Å².